The first-order valence-electron chi connectivity index (χ1n) is 6.19. The van der Waals surface area contributed by atoms with E-state index in [1.54, 1.807) is 14.0 Å². The Balaban J connectivity index is 2.16. The second-order valence-electron chi connectivity index (χ2n) is 4.10. The van der Waals surface area contributed by atoms with E-state index in [2.05, 4.69) is 4.98 Å². The molecular formula is C14H13FN2O3S. The molecule has 2 aromatic rings. The minimum Gasteiger partial charge on any atom is -0.461 e. The first kappa shape index (κ1) is 15.1. The monoisotopic (exact) mass is 308 g/mol. The third kappa shape index (κ3) is 3.43. The number of halogens is 1. The van der Waals surface area contributed by atoms with Gasteiger partial charge in [-0.25, -0.2) is 14.2 Å². The average Bonchev–Trinajstić information content (AvgIpc) is 2.96. The summed E-state index contributed by atoms with van der Waals surface area (Å²) in [7, 11) is 1.55. The Kier molecular flexibility index (Phi) is 4.64. The molecule has 5 nitrogen and oxygen atoms in total. The number of carbonyl (C=O) groups is 2. The maximum absolute atomic E-state index is 12.9. The van der Waals surface area contributed by atoms with Gasteiger partial charge in [-0.15, -0.1) is 11.3 Å². The summed E-state index contributed by atoms with van der Waals surface area (Å²) in [5, 5.41) is 1.63. The zero-order chi connectivity index (χ0) is 15.4. The molecule has 0 aliphatic carbocycles. The fourth-order valence-corrected chi connectivity index (χ4v) is 2.30. The SMILES string of the molecule is CCOC(=O)c1nc(C(=O)N(C)c2ccc(F)cc2)cs1. The second kappa shape index (κ2) is 6.45. The number of benzene rings is 1. The van der Waals surface area contributed by atoms with Gasteiger partial charge in [-0.3, -0.25) is 4.79 Å². The van der Waals surface area contributed by atoms with Crippen molar-refractivity contribution in [2.45, 2.75) is 6.92 Å². The Morgan fingerprint density at radius 3 is 2.62 bits per heavy atom. The zero-order valence-corrected chi connectivity index (χ0v) is 12.3. The molecule has 1 amide bonds. The molecule has 0 saturated carbocycles. The molecule has 21 heavy (non-hydrogen) atoms. The van der Waals surface area contributed by atoms with Crippen LogP contribution in [0.3, 0.4) is 0 Å². The van der Waals surface area contributed by atoms with E-state index in [0.29, 0.717) is 5.69 Å². The van der Waals surface area contributed by atoms with Crippen LogP contribution >= 0.6 is 11.3 Å². The van der Waals surface area contributed by atoms with Gasteiger partial charge in [-0.05, 0) is 31.2 Å². The molecule has 1 aromatic carbocycles. The van der Waals surface area contributed by atoms with E-state index in [1.807, 2.05) is 0 Å². The number of carbonyl (C=O) groups excluding carboxylic acids is 2. The number of hydrogen-bond donors (Lipinski definition) is 0. The lowest BCUT2D eigenvalue weighted by Crippen LogP contribution is -2.26. The lowest BCUT2D eigenvalue weighted by molar-refractivity contribution is 0.0526. The fourth-order valence-electron chi connectivity index (χ4n) is 1.61. The predicted octanol–water partition coefficient (Wildman–Crippen LogP) is 2.74. The molecule has 1 heterocycles. The average molecular weight is 308 g/mol. The van der Waals surface area contributed by atoms with E-state index in [1.165, 1.54) is 34.5 Å². The standard InChI is InChI=1S/C14H13FN2O3S/c1-3-20-14(19)12-16-11(8-21-12)13(18)17(2)10-6-4-9(15)5-7-10/h4-8H,3H2,1-2H3. The Morgan fingerprint density at radius 2 is 2.00 bits per heavy atom. The summed E-state index contributed by atoms with van der Waals surface area (Å²) >= 11 is 1.05. The first-order chi connectivity index (χ1) is 10.0. The van der Waals surface area contributed by atoms with Gasteiger partial charge in [0.25, 0.3) is 5.91 Å². The lowest BCUT2D eigenvalue weighted by atomic mass is 10.3. The molecule has 0 N–H and O–H groups in total. The molecule has 0 unspecified atom stereocenters. The summed E-state index contributed by atoms with van der Waals surface area (Å²) < 4.78 is 17.7. The van der Waals surface area contributed by atoms with Crippen LogP contribution < -0.4 is 4.90 Å². The lowest BCUT2D eigenvalue weighted by Gasteiger charge is -2.15. The second-order valence-corrected chi connectivity index (χ2v) is 4.96. The first-order valence-corrected chi connectivity index (χ1v) is 7.07. The largest absolute Gasteiger partial charge is 0.461 e. The maximum atomic E-state index is 12.9. The minimum absolute atomic E-state index is 0.132. The van der Waals surface area contributed by atoms with Crippen molar-refractivity contribution >= 4 is 28.9 Å². The quantitative estimate of drug-likeness (QED) is 0.815. The van der Waals surface area contributed by atoms with Crippen LogP contribution in [0.15, 0.2) is 29.6 Å². The van der Waals surface area contributed by atoms with Crippen LogP contribution in [0, 0.1) is 5.82 Å². The van der Waals surface area contributed by atoms with E-state index < -0.39 is 5.97 Å². The van der Waals surface area contributed by atoms with Gasteiger partial charge < -0.3 is 9.64 Å². The Bertz CT molecular complexity index is 654. The van der Waals surface area contributed by atoms with Crippen molar-refractivity contribution in [3.8, 4) is 0 Å². The van der Waals surface area contributed by atoms with Crippen molar-refractivity contribution in [3.05, 3.63) is 46.2 Å². The van der Waals surface area contributed by atoms with E-state index >= 15 is 0 Å². The number of esters is 1. The Morgan fingerprint density at radius 1 is 1.33 bits per heavy atom. The molecule has 0 radical (unpaired) electrons. The van der Waals surface area contributed by atoms with E-state index in [0.717, 1.165) is 11.3 Å². The van der Waals surface area contributed by atoms with Crippen molar-refractivity contribution in [1.82, 2.24) is 4.98 Å². The molecule has 0 aliphatic heterocycles. The summed E-state index contributed by atoms with van der Waals surface area (Å²) in [6.07, 6.45) is 0. The van der Waals surface area contributed by atoms with Gasteiger partial charge in [-0.2, -0.15) is 0 Å². The van der Waals surface area contributed by atoms with E-state index in [4.69, 9.17) is 4.74 Å². The minimum atomic E-state index is -0.550. The number of ether oxygens (including phenoxy) is 1. The highest BCUT2D eigenvalue weighted by atomic mass is 32.1. The normalized spacial score (nSPS) is 10.2. The van der Waals surface area contributed by atoms with Crippen molar-refractivity contribution in [2.75, 3.05) is 18.6 Å². The van der Waals surface area contributed by atoms with E-state index in [-0.39, 0.29) is 29.0 Å². The highest BCUT2D eigenvalue weighted by molar-refractivity contribution is 7.11. The zero-order valence-electron chi connectivity index (χ0n) is 11.5. The molecule has 0 atom stereocenters. The van der Waals surface area contributed by atoms with E-state index in [9.17, 15) is 14.0 Å². The van der Waals surface area contributed by atoms with Crippen LogP contribution in [0.5, 0.6) is 0 Å². The Hall–Kier alpha value is -2.28. The van der Waals surface area contributed by atoms with Crippen LogP contribution in [0.25, 0.3) is 0 Å². The van der Waals surface area contributed by atoms with Crippen molar-refractivity contribution in [3.63, 3.8) is 0 Å². The summed E-state index contributed by atoms with van der Waals surface area (Å²) in [6.45, 7) is 1.94. The molecule has 0 fully saturated rings. The van der Waals surface area contributed by atoms with Gasteiger partial charge in [0.05, 0.1) is 6.61 Å². The van der Waals surface area contributed by atoms with Crippen LogP contribution in [0.4, 0.5) is 10.1 Å². The van der Waals surface area contributed by atoms with Crippen molar-refractivity contribution < 1.29 is 18.7 Å². The van der Waals surface area contributed by atoms with Crippen molar-refractivity contribution in [1.29, 1.82) is 0 Å². The van der Waals surface area contributed by atoms with Gasteiger partial charge in [0.2, 0.25) is 5.01 Å². The molecule has 1 aromatic heterocycles. The summed E-state index contributed by atoms with van der Waals surface area (Å²) in [4.78, 5) is 29.1. The summed E-state index contributed by atoms with van der Waals surface area (Å²) in [5.74, 6) is -1.31. The van der Waals surface area contributed by atoms with Crippen LogP contribution in [-0.4, -0.2) is 30.5 Å². The highest BCUT2D eigenvalue weighted by Gasteiger charge is 2.20. The molecule has 0 bridgehead atoms. The van der Waals surface area contributed by atoms with Crippen LogP contribution in [-0.2, 0) is 4.74 Å². The van der Waals surface area contributed by atoms with Crippen molar-refractivity contribution in [2.24, 2.45) is 0 Å². The smallest absolute Gasteiger partial charge is 0.367 e. The summed E-state index contributed by atoms with van der Waals surface area (Å²) in [6, 6.07) is 5.52. The van der Waals surface area contributed by atoms with Gasteiger partial charge in [0.15, 0.2) is 0 Å². The van der Waals surface area contributed by atoms with Crippen LogP contribution in [0.1, 0.15) is 27.2 Å². The molecular weight excluding hydrogens is 295 g/mol. The molecule has 7 heteroatoms. The third-order valence-electron chi connectivity index (χ3n) is 2.69. The van der Waals surface area contributed by atoms with Gasteiger partial charge in [0, 0.05) is 18.1 Å². The molecule has 0 saturated heterocycles. The number of hydrogen-bond acceptors (Lipinski definition) is 5. The number of nitrogens with zero attached hydrogens (tertiary/aromatic N) is 2. The van der Waals surface area contributed by atoms with Gasteiger partial charge >= 0.3 is 5.97 Å². The molecule has 0 aliphatic rings. The fraction of sp³-hybridized carbons (Fsp3) is 0.214. The third-order valence-corrected chi connectivity index (χ3v) is 3.51. The molecule has 0 spiro atoms. The number of rotatable bonds is 4. The number of aromatic nitrogens is 1. The van der Waals surface area contributed by atoms with Crippen LogP contribution in [0.2, 0.25) is 0 Å². The molecule has 2 rings (SSSR count). The van der Waals surface area contributed by atoms with Gasteiger partial charge in [-0.1, -0.05) is 0 Å². The topological polar surface area (TPSA) is 59.5 Å². The number of thiazole rings is 1. The molecule has 110 valence electrons. The number of anilines is 1. The number of amides is 1. The highest BCUT2D eigenvalue weighted by Crippen LogP contribution is 2.18. The summed E-state index contributed by atoms with van der Waals surface area (Å²) in [5.41, 5.74) is 0.682. The predicted molar refractivity (Wildman–Crippen MR) is 77.2 cm³/mol. The Labute approximate surface area is 125 Å². The van der Waals surface area contributed by atoms with Gasteiger partial charge in [0.1, 0.15) is 11.5 Å². The maximum Gasteiger partial charge on any atom is 0.367 e.